The Morgan fingerprint density at radius 2 is 2.00 bits per heavy atom. The number of carbonyl (C=O) groups is 1. The molecule has 0 spiro atoms. The minimum Gasteiger partial charge on any atom is -0.481 e. The molecular weight excluding hydrogens is 239 g/mol. The molecule has 0 heterocycles. The minimum absolute atomic E-state index is 0.0911. The number of hydrogen-bond donors (Lipinski definition) is 1. The summed E-state index contributed by atoms with van der Waals surface area (Å²) in [5, 5.41) is 8.23. The van der Waals surface area contributed by atoms with Crippen molar-refractivity contribution < 1.29 is 18.8 Å². The Labute approximate surface area is 88.6 Å². The summed E-state index contributed by atoms with van der Waals surface area (Å²) in [6.45, 7) is 4.17. The van der Waals surface area contributed by atoms with Crippen molar-refractivity contribution >= 4 is 36.6 Å². The highest BCUT2D eigenvalue weighted by atomic mass is 36.0. The number of ether oxygens (including phenoxy) is 1. The van der Waals surface area contributed by atoms with Crippen LogP contribution in [0.25, 0.3) is 0 Å². The average molecular weight is 251 g/mol. The fourth-order valence-electron chi connectivity index (χ4n) is 0.589. The highest BCUT2D eigenvalue weighted by molar-refractivity contribution is 8.26. The van der Waals surface area contributed by atoms with Crippen LogP contribution in [-0.2, 0) is 18.8 Å². The maximum atomic E-state index is 10.0. The first kappa shape index (κ1) is 15.6. The summed E-state index contributed by atoms with van der Waals surface area (Å²) in [5.41, 5.74) is 0. The second kappa shape index (κ2) is 10.2. The lowest BCUT2D eigenvalue weighted by molar-refractivity contribution is -0.139. The van der Waals surface area contributed by atoms with Crippen LogP contribution in [0.5, 0.6) is 0 Å². The van der Waals surface area contributed by atoms with E-state index in [1.807, 2.05) is 6.92 Å². The van der Waals surface area contributed by atoms with E-state index in [1.54, 1.807) is 6.92 Å². The summed E-state index contributed by atoms with van der Waals surface area (Å²) in [7, 11) is 7.36. The molecule has 1 unspecified atom stereocenters. The van der Waals surface area contributed by atoms with Gasteiger partial charge in [-0.15, -0.1) is 0 Å². The van der Waals surface area contributed by atoms with Crippen molar-refractivity contribution in [2.45, 2.75) is 26.4 Å². The first-order valence-electron chi connectivity index (χ1n) is 3.47. The molecule has 0 aromatic rings. The van der Waals surface area contributed by atoms with Gasteiger partial charge in [-0.3, -0.25) is 4.79 Å². The van der Waals surface area contributed by atoms with E-state index in [2.05, 4.69) is 21.4 Å². The van der Waals surface area contributed by atoms with Gasteiger partial charge >= 0.3 is 5.97 Å². The zero-order valence-corrected chi connectivity index (χ0v) is 9.66. The van der Waals surface area contributed by atoms with Crippen LogP contribution in [0.4, 0.5) is 0 Å². The third kappa shape index (κ3) is 24.5. The van der Waals surface area contributed by atoms with Gasteiger partial charge in [0.15, 0.2) is 0 Å². The molecule has 4 nitrogen and oxygen atoms in total. The van der Waals surface area contributed by atoms with Crippen LogP contribution in [0.1, 0.15) is 20.3 Å². The summed E-state index contributed by atoms with van der Waals surface area (Å²) in [4.78, 5) is 10.0. The molecule has 0 aliphatic rings. The van der Waals surface area contributed by atoms with Crippen LogP contribution in [-0.4, -0.2) is 28.0 Å². The molecule has 13 heavy (non-hydrogen) atoms. The standard InChI is InChI=1S/C6H12O3.Cl2OS/c1-3-9-5(2)4-6(7)8;1-4(2)3/h5H,3-4H2,1-2H3,(H,7,8);. The van der Waals surface area contributed by atoms with Gasteiger partial charge < -0.3 is 9.84 Å². The van der Waals surface area contributed by atoms with Gasteiger partial charge in [0.2, 0.25) is 9.23 Å². The van der Waals surface area contributed by atoms with Gasteiger partial charge in [0, 0.05) is 28.0 Å². The second-order valence-corrected chi connectivity index (χ2v) is 4.57. The summed E-state index contributed by atoms with van der Waals surface area (Å²) >= 11 is 0. The summed E-state index contributed by atoms with van der Waals surface area (Å²) in [5.74, 6) is -0.809. The Bertz CT molecular complexity index is 161. The predicted molar refractivity (Wildman–Crippen MR) is 53.2 cm³/mol. The summed E-state index contributed by atoms with van der Waals surface area (Å²) in [6.07, 6.45) is -0.0686. The third-order valence-electron chi connectivity index (χ3n) is 0.913. The van der Waals surface area contributed by atoms with Crippen LogP contribution in [0.3, 0.4) is 0 Å². The van der Waals surface area contributed by atoms with E-state index in [-0.39, 0.29) is 12.5 Å². The molecule has 0 amide bonds. The maximum Gasteiger partial charge on any atom is 0.305 e. The van der Waals surface area contributed by atoms with Crippen molar-refractivity contribution in [1.29, 1.82) is 0 Å². The highest BCUT2D eigenvalue weighted by Gasteiger charge is 2.05. The average Bonchev–Trinajstić information content (AvgIpc) is 1.83. The molecule has 0 saturated carbocycles. The maximum absolute atomic E-state index is 10.0. The molecule has 0 aromatic carbocycles. The van der Waals surface area contributed by atoms with Gasteiger partial charge in [-0.2, -0.15) is 0 Å². The van der Waals surface area contributed by atoms with E-state index in [9.17, 15) is 4.79 Å². The fourth-order valence-corrected chi connectivity index (χ4v) is 0.589. The molecule has 80 valence electrons. The second-order valence-electron chi connectivity index (χ2n) is 2.05. The van der Waals surface area contributed by atoms with E-state index in [0.717, 1.165) is 0 Å². The molecule has 0 radical (unpaired) electrons. The molecule has 0 fully saturated rings. The zero-order valence-electron chi connectivity index (χ0n) is 7.33. The van der Waals surface area contributed by atoms with Gasteiger partial charge in [-0.25, -0.2) is 4.21 Å². The molecule has 0 saturated heterocycles. The number of carboxylic acids is 1. The Kier molecular flexibility index (Phi) is 12.3. The summed E-state index contributed by atoms with van der Waals surface area (Å²) < 4.78 is 14.1. The molecule has 0 aromatic heterocycles. The van der Waals surface area contributed by atoms with E-state index >= 15 is 0 Å². The predicted octanol–water partition coefficient (Wildman–Crippen LogP) is 1.93. The van der Waals surface area contributed by atoms with Crippen molar-refractivity contribution in [2.24, 2.45) is 0 Å². The van der Waals surface area contributed by atoms with Crippen molar-refractivity contribution in [1.82, 2.24) is 0 Å². The van der Waals surface area contributed by atoms with E-state index in [1.165, 1.54) is 0 Å². The van der Waals surface area contributed by atoms with E-state index in [0.29, 0.717) is 6.61 Å². The summed E-state index contributed by atoms with van der Waals surface area (Å²) in [6, 6.07) is 0. The van der Waals surface area contributed by atoms with E-state index < -0.39 is 15.2 Å². The smallest absolute Gasteiger partial charge is 0.305 e. The Morgan fingerprint density at radius 1 is 1.62 bits per heavy atom. The van der Waals surface area contributed by atoms with Crippen LogP contribution < -0.4 is 0 Å². The van der Waals surface area contributed by atoms with Crippen LogP contribution in [0.15, 0.2) is 0 Å². The third-order valence-corrected chi connectivity index (χ3v) is 0.913. The SMILES string of the molecule is CCOC(C)CC(=O)O.O=S(Cl)Cl. The zero-order chi connectivity index (χ0) is 10.9. The number of aliphatic carboxylic acids is 1. The largest absolute Gasteiger partial charge is 0.481 e. The van der Waals surface area contributed by atoms with Crippen LogP contribution in [0, 0.1) is 0 Å². The van der Waals surface area contributed by atoms with Crippen LogP contribution in [0.2, 0.25) is 0 Å². The van der Waals surface area contributed by atoms with Gasteiger partial charge in [0.1, 0.15) is 0 Å². The van der Waals surface area contributed by atoms with Crippen LogP contribution >= 0.6 is 21.4 Å². The van der Waals surface area contributed by atoms with Crippen molar-refractivity contribution in [3.05, 3.63) is 0 Å². The van der Waals surface area contributed by atoms with Crippen molar-refractivity contribution in [3.8, 4) is 0 Å². The lowest BCUT2D eigenvalue weighted by Gasteiger charge is -2.06. The lowest BCUT2D eigenvalue weighted by atomic mass is 10.3. The number of rotatable bonds is 4. The highest BCUT2D eigenvalue weighted by Crippen LogP contribution is 1.95. The molecule has 7 heteroatoms. The van der Waals surface area contributed by atoms with Crippen molar-refractivity contribution in [3.63, 3.8) is 0 Å². The quantitative estimate of drug-likeness (QED) is 0.775. The molecule has 0 aliphatic heterocycles. The van der Waals surface area contributed by atoms with Gasteiger partial charge in [-0.05, 0) is 13.8 Å². The topological polar surface area (TPSA) is 63.6 Å². The molecule has 0 rings (SSSR count). The Balaban J connectivity index is 0. The minimum atomic E-state index is -1.67. The normalized spacial score (nSPS) is 11.8. The lowest BCUT2D eigenvalue weighted by Crippen LogP contribution is -2.13. The molecule has 1 N–H and O–H groups in total. The first-order chi connectivity index (χ1) is 5.90. The number of carboxylic acid groups (broad SMARTS) is 1. The van der Waals surface area contributed by atoms with Gasteiger partial charge in [0.05, 0.1) is 12.5 Å². The Hall–Kier alpha value is 0.160. The van der Waals surface area contributed by atoms with E-state index in [4.69, 9.17) is 14.1 Å². The number of halogens is 2. The van der Waals surface area contributed by atoms with Gasteiger partial charge in [-0.1, -0.05) is 0 Å². The monoisotopic (exact) mass is 250 g/mol. The van der Waals surface area contributed by atoms with Crippen molar-refractivity contribution in [2.75, 3.05) is 6.61 Å². The molecular formula is C6H12Cl2O4S. The number of hydrogen-bond acceptors (Lipinski definition) is 3. The first-order valence-corrected chi connectivity index (χ1v) is 6.28. The fraction of sp³-hybridized carbons (Fsp3) is 0.833. The molecule has 1 atom stereocenters. The van der Waals surface area contributed by atoms with Gasteiger partial charge in [0.25, 0.3) is 0 Å². The Morgan fingerprint density at radius 3 is 2.23 bits per heavy atom. The molecule has 0 bridgehead atoms. The molecule has 0 aliphatic carbocycles.